The number of fused-ring (bicyclic) bond motifs is 1. The normalized spacial score (nSPS) is 14.6. The van der Waals surface area contributed by atoms with Gasteiger partial charge in [-0.15, -0.1) is 0 Å². The highest BCUT2D eigenvalue weighted by Gasteiger charge is 2.22. The highest BCUT2D eigenvalue weighted by Crippen LogP contribution is 2.34. The van der Waals surface area contributed by atoms with Crippen molar-refractivity contribution in [2.24, 2.45) is 0 Å². The number of aromatic nitrogens is 3. The molecule has 1 fully saturated rings. The number of hydrogen-bond acceptors (Lipinski definition) is 7. The van der Waals surface area contributed by atoms with Gasteiger partial charge in [0.2, 0.25) is 0 Å². The Morgan fingerprint density at radius 1 is 1.14 bits per heavy atom. The second-order valence-electron chi connectivity index (χ2n) is 6.69. The molecule has 0 saturated carbocycles. The minimum Gasteiger partial charge on any atom is -0.463 e. The Bertz CT molecular complexity index is 1200. The van der Waals surface area contributed by atoms with E-state index in [0.717, 1.165) is 28.5 Å². The van der Waals surface area contributed by atoms with Crippen molar-refractivity contribution in [3.8, 4) is 11.5 Å². The highest BCUT2D eigenvalue weighted by molar-refractivity contribution is 7.22. The van der Waals surface area contributed by atoms with Crippen molar-refractivity contribution in [3.63, 3.8) is 0 Å². The van der Waals surface area contributed by atoms with Gasteiger partial charge in [-0.3, -0.25) is 4.79 Å². The molecule has 29 heavy (non-hydrogen) atoms. The van der Waals surface area contributed by atoms with Gasteiger partial charge in [0, 0.05) is 18.1 Å². The van der Waals surface area contributed by atoms with E-state index in [-0.39, 0.29) is 5.56 Å². The Morgan fingerprint density at radius 2 is 1.93 bits per heavy atom. The van der Waals surface area contributed by atoms with E-state index in [9.17, 15) is 4.79 Å². The number of benzene rings is 1. The van der Waals surface area contributed by atoms with E-state index in [0.29, 0.717) is 41.8 Å². The first-order chi connectivity index (χ1) is 14.2. The summed E-state index contributed by atoms with van der Waals surface area (Å²) in [6.45, 7) is 3.13. The van der Waals surface area contributed by atoms with Crippen molar-refractivity contribution >= 4 is 38.3 Å². The zero-order chi connectivity index (χ0) is 19.8. The Labute approximate surface area is 175 Å². The molecule has 3 aromatic heterocycles. The Kier molecular flexibility index (Phi) is 4.83. The molecule has 0 amide bonds. The summed E-state index contributed by atoms with van der Waals surface area (Å²) >= 11 is 7.44. The first kappa shape index (κ1) is 18.4. The Balaban J connectivity index is 1.64. The summed E-state index contributed by atoms with van der Waals surface area (Å²) in [5.74, 6) is 0.608. The minimum absolute atomic E-state index is 0.221. The molecule has 1 aliphatic rings. The van der Waals surface area contributed by atoms with Gasteiger partial charge in [-0.1, -0.05) is 35.1 Å². The van der Waals surface area contributed by atoms with Crippen LogP contribution in [0.3, 0.4) is 0 Å². The third-order valence-corrected chi connectivity index (χ3v) is 6.15. The van der Waals surface area contributed by atoms with Gasteiger partial charge in [0.25, 0.3) is 5.56 Å². The molecule has 7 nitrogen and oxygen atoms in total. The number of hydrogen-bond donors (Lipinski definition) is 0. The summed E-state index contributed by atoms with van der Waals surface area (Å²) in [6.07, 6.45) is 1.60. The number of anilines is 1. The van der Waals surface area contributed by atoms with E-state index in [1.165, 1.54) is 16.0 Å². The SMILES string of the molecule is O=c1c2nc(N3CCOCC3)sc2c(-c2ccco2)nn1Cc1ccc(Cl)cc1. The van der Waals surface area contributed by atoms with Gasteiger partial charge in [-0.2, -0.15) is 5.10 Å². The van der Waals surface area contributed by atoms with E-state index in [2.05, 4.69) is 15.0 Å². The van der Waals surface area contributed by atoms with Gasteiger partial charge in [-0.25, -0.2) is 9.67 Å². The van der Waals surface area contributed by atoms with Gasteiger partial charge >= 0.3 is 0 Å². The average molecular weight is 429 g/mol. The van der Waals surface area contributed by atoms with Gasteiger partial charge in [-0.05, 0) is 29.8 Å². The molecular weight excluding hydrogens is 412 g/mol. The predicted octanol–water partition coefficient (Wildman–Crippen LogP) is 3.65. The van der Waals surface area contributed by atoms with Crippen LogP contribution in [-0.2, 0) is 11.3 Å². The molecule has 0 N–H and O–H groups in total. The summed E-state index contributed by atoms with van der Waals surface area (Å²) in [6, 6.07) is 11.0. The molecule has 0 spiro atoms. The van der Waals surface area contributed by atoms with Gasteiger partial charge in [0.1, 0.15) is 5.69 Å². The predicted molar refractivity (Wildman–Crippen MR) is 113 cm³/mol. The lowest BCUT2D eigenvalue weighted by molar-refractivity contribution is 0.122. The minimum atomic E-state index is -0.221. The van der Waals surface area contributed by atoms with E-state index in [4.69, 9.17) is 20.8 Å². The second kappa shape index (κ2) is 7.62. The number of furan rings is 1. The fraction of sp³-hybridized carbons (Fsp3) is 0.250. The molecule has 1 aliphatic heterocycles. The fourth-order valence-corrected chi connectivity index (χ4v) is 4.51. The van der Waals surface area contributed by atoms with Crippen LogP contribution in [0.15, 0.2) is 51.9 Å². The third-order valence-electron chi connectivity index (χ3n) is 4.77. The molecule has 9 heteroatoms. The maximum atomic E-state index is 13.2. The number of nitrogens with zero attached hydrogens (tertiary/aromatic N) is 4. The van der Waals surface area contributed by atoms with Crippen molar-refractivity contribution in [1.82, 2.24) is 14.8 Å². The standard InChI is InChI=1S/C20H17ClN4O3S/c21-14-5-3-13(4-6-14)12-25-19(26)17-18(16(23-25)15-2-1-9-28-15)29-20(22-17)24-7-10-27-11-8-24/h1-6,9H,7-8,10-12H2. The van der Waals surface area contributed by atoms with Crippen molar-refractivity contribution in [1.29, 1.82) is 0 Å². The van der Waals surface area contributed by atoms with E-state index in [1.807, 2.05) is 18.2 Å². The first-order valence-electron chi connectivity index (χ1n) is 9.22. The molecule has 0 atom stereocenters. The maximum Gasteiger partial charge on any atom is 0.294 e. The quantitative estimate of drug-likeness (QED) is 0.494. The number of ether oxygens (including phenoxy) is 1. The van der Waals surface area contributed by atoms with Gasteiger partial charge in [0.15, 0.2) is 16.4 Å². The molecule has 5 rings (SSSR count). The number of halogens is 1. The van der Waals surface area contributed by atoms with Crippen molar-refractivity contribution in [2.45, 2.75) is 6.54 Å². The highest BCUT2D eigenvalue weighted by atomic mass is 35.5. The van der Waals surface area contributed by atoms with Crippen LogP contribution in [0.4, 0.5) is 5.13 Å². The molecular formula is C20H17ClN4O3S. The van der Waals surface area contributed by atoms with Crippen LogP contribution in [0.25, 0.3) is 21.7 Å². The fourth-order valence-electron chi connectivity index (χ4n) is 3.28. The van der Waals surface area contributed by atoms with E-state index in [1.54, 1.807) is 24.5 Å². The molecule has 1 saturated heterocycles. The van der Waals surface area contributed by atoms with Crippen LogP contribution in [0.2, 0.25) is 5.02 Å². The summed E-state index contributed by atoms with van der Waals surface area (Å²) in [4.78, 5) is 20.0. The van der Waals surface area contributed by atoms with Gasteiger partial charge in [0.05, 0.1) is 30.7 Å². The smallest absolute Gasteiger partial charge is 0.294 e. The van der Waals surface area contributed by atoms with E-state index < -0.39 is 0 Å². The summed E-state index contributed by atoms with van der Waals surface area (Å²) in [5.41, 5.74) is 1.74. The lowest BCUT2D eigenvalue weighted by Crippen LogP contribution is -2.36. The molecule has 1 aromatic carbocycles. The van der Waals surface area contributed by atoms with E-state index >= 15 is 0 Å². The van der Waals surface area contributed by atoms with Crippen LogP contribution in [0, 0.1) is 0 Å². The summed E-state index contributed by atoms with van der Waals surface area (Å²) in [5, 5.41) is 6.08. The number of morpholine rings is 1. The average Bonchev–Trinajstić information content (AvgIpc) is 3.43. The lowest BCUT2D eigenvalue weighted by Gasteiger charge is -2.25. The first-order valence-corrected chi connectivity index (χ1v) is 10.4. The van der Waals surface area contributed by atoms with Crippen molar-refractivity contribution in [3.05, 3.63) is 63.6 Å². The van der Waals surface area contributed by atoms with Crippen LogP contribution in [0.1, 0.15) is 5.56 Å². The molecule has 0 bridgehead atoms. The summed E-state index contributed by atoms with van der Waals surface area (Å²) in [7, 11) is 0. The molecule has 0 unspecified atom stereocenters. The largest absolute Gasteiger partial charge is 0.463 e. The molecule has 0 aliphatic carbocycles. The van der Waals surface area contributed by atoms with Crippen molar-refractivity contribution < 1.29 is 9.15 Å². The van der Waals surface area contributed by atoms with Crippen LogP contribution < -0.4 is 10.5 Å². The monoisotopic (exact) mass is 428 g/mol. The lowest BCUT2D eigenvalue weighted by atomic mass is 10.2. The van der Waals surface area contributed by atoms with Crippen LogP contribution in [0.5, 0.6) is 0 Å². The van der Waals surface area contributed by atoms with Crippen molar-refractivity contribution in [2.75, 3.05) is 31.2 Å². The van der Waals surface area contributed by atoms with Gasteiger partial charge < -0.3 is 14.1 Å². The maximum absolute atomic E-state index is 13.2. The molecule has 0 radical (unpaired) electrons. The zero-order valence-corrected chi connectivity index (χ0v) is 16.9. The Hall–Kier alpha value is -2.68. The molecule has 4 heterocycles. The zero-order valence-electron chi connectivity index (χ0n) is 15.4. The molecule has 4 aromatic rings. The summed E-state index contributed by atoms with van der Waals surface area (Å²) < 4.78 is 13.2. The second-order valence-corrected chi connectivity index (χ2v) is 8.10. The third kappa shape index (κ3) is 3.55. The topological polar surface area (TPSA) is 73.4 Å². The Morgan fingerprint density at radius 3 is 2.66 bits per heavy atom. The number of thiazole rings is 1. The van der Waals surface area contributed by atoms with Crippen LogP contribution >= 0.6 is 22.9 Å². The van der Waals surface area contributed by atoms with Crippen LogP contribution in [-0.4, -0.2) is 41.1 Å². The number of rotatable bonds is 4. The molecule has 148 valence electrons.